The van der Waals surface area contributed by atoms with Crippen LogP contribution in [-0.2, 0) is 20.9 Å². The van der Waals surface area contributed by atoms with Crippen LogP contribution in [0.2, 0.25) is 0 Å². The summed E-state index contributed by atoms with van der Waals surface area (Å²) in [6, 6.07) is 0. The van der Waals surface area contributed by atoms with Crippen molar-refractivity contribution in [1.82, 2.24) is 20.1 Å². The summed E-state index contributed by atoms with van der Waals surface area (Å²) >= 11 is 0. The lowest BCUT2D eigenvalue weighted by Crippen LogP contribution is -2.32. The van der Waals surface area contributed by atoms with Gasteiger partial charge in [-0.2, -0.15) is 5.10 Å². The Morgan fingerprint density at radius 3 is 2.93 bits per heavy atom. The smallest absolute Gasteiger partial charge is 0.325 e. The first kappa shape index (κ1) is 10.2. The van der Waals surface area contributed by atoms with Gasteiger partial charge in [0.15, 0.2) is 0 Å². The van der Waals surface area contributed by atoms with Crippen molar-refractivity contribution >= 4 is 11.9 Å². The monoisotopic (exact) mass is 198 g/mol. The van der Waals surface area contributed by atoms with Crippen LogP contribution in [0.1, 0.15) is 0 Å². The maximum absolute atomic E-state index is 11.1. The van der Waals surface area contributed by atoms with Crippen LogP contribution < -0.4 is 5.32 Å². The Morgan fingerprint density at radius 2 is 2.36 bits per heavy atom. The predicted molar refractivity (Wildman–Crippen MR) is 45.0 cm³/mol. The molecule has 0 aliphatic carbocycles. The molecule has 0 unspecified atom stereocenters. The summed E-state index contributed by atoms with van der Waals surface area (Å²) in [4.78, 5) is 25.4. The third-order valence-electron chi connectivity index (χ3n) is 1.43. The molecule has 0 bridgehead atoms. The van der Waals surface area contributed by atoms with Gasteiger partial charge in [-0.1, -0.05) is 0 Å². The lowest BCUT2D eigenvalue weighted by atomic mass is 10.5. The second-order valence-electron chi connectivity index (χ2n) is 2.45. The van der Waals surface area contributed by atoms with Crippen molar-refractivity contribution in [2.75, 3.05) is 13.7 Å². The van der Waals surface area contributed by atoms with Crippen LogP contribution >= 0.6 is 0 Å². The summed E-state index contributed by atoms with van der Waals surface area (Å²) in [5.74, 6) is -0.808. The van der Waals surface area contributed by atoms with Crippen LogP contribution in [0.25, 0.3) is 0 Å². The van der Waals surface area contributed by atoms with E-state index < -0.39 is 5.97 Å². The van der Waals surface area contributed by atoms with Crippen molar-refractivity contribution < 1.29 is 14.3 Å². The fourth-order valence-corrected chi connectivity index (χ4v) is 0.760. The van der Waals surface area contributed by atoms with Crippen LogP contribution in [0.15, 0.2) is 12.7 Å². The van der Waals surface area contributed by atoms with Gasteiger partial charge < -0.3 is 10.1 Å². The van der Waals surface area contributed by atoms with Crippen molar-refractivity contribution in [2.24, 2.45) is 0 Å². The second kappa shape index (κ2) is 4.95. The lowest BCUT2D eigenvalue weighted by Gasteiger charge is -2.02. The Labute approximate surface area is 80.1 Å². The van der Waals surface area contributed by atoms with Gasteiger partial charge >= 0.3 is 5.97 Å². The first-order valence-corrected chi connectivity index (χ1v) is 3.88. The molecule has 1 amide bonds. The molecule has 1 rings (SSSR count). The molecule has 0 radical (unpaired) electrons. The largest absolute Gasteiger partial charge is 0.468 e. The molecular weight excluding hydrogens is 188 g/mol. The molecule has 7 nitrogen and oxygen atoms in total. The fourth-order valence-electron chi connectivity index (χ4n) is 0.760. The number of esters is 1. The van der Waals surface area contributed by atoms with Gasteiger partial charge in [-0.05, 0) is 0 Å². The summed E-state index contributed by atoms with van der Waals surface area (Å²) in [6.45, 7) is -0.0962. The minimum atomic E-state index is -0.489. The summed E-state index contributed by atoms with van der Waals surface area (Å²) in [7, 11) is 1.26. The van der Waals surface area contributed by atoms with E-state index in [1.54, 1.807) is 0 Å². The molecule has 76 valence electrons. The average Bonchev–Trinajstić information content (AvgIpc) is 2.66. The van der Waals surface area contributed by atoms with Gasteiger partial charge in [-0.25, -0.2) is 9.67 Å². The van der Waals surface area contributed by atoms with E-state index in [0.717, 1.165) is 0 Å². The summed E-state index contributed by atoms with van der Waals surface area (Å²) in [5, 5.41) is 6.10. The molecule has 14 heavy (non-hydrogen) atoms. The molecule has 0 saturated carbocycles. The molecule has 1 aromatic rings. The fraction of sp³-hybridized carbons (Fsp3) is 0.429. The van der Waals surface area contributed by atoms with E-state index in [0.29, 0.717) is 0 Å². The van der Waals surface area contributed by atoms with Crippen molar-refractivity contribution in [3.63, 3.8) is 0 Å². The van der Waals surface area contributed by atoms with Crippen LogP contribution in [0.3, 0.4) is 0 Å². The van der Waals surface area contributed by atoms with Crippen LogP contribution in [0.4, 0.5) is 0 Å². The topological polar surface area (TPSA) is 86.1 Å². The molecule has 1 aromatic heterocycles. The molecule has 0 fully saturated rings. The number of amides is 1. The molecule has 7 heteroatoms. The Balaban J connectivity index is 2.26. The number of nitrogens with zero attached hydrogens (tertiary/aromatic N) is 3. The number of rotatable bonds is 4. The highest BCUT2D eigenvalue weighted by Gasteiger charge is 2.05. The number of aromatic nitrogens is 3. The minimum Gasteiger partial charge on any atom is -0.468 e. The summed E-state index contributed by atoms with van der Waals surface area (Å²) in [6.07, 6.45) is 2.74. The number of carbonyl (C=O) groups excluding carboxylic acids is 2. The van der Waals surface area contributed by atoms with Gasteiger partial charge in [0.1, 0.15) is 25.7 Å². The number of ether oxygens (including phenoxy) is 1. The van der Waals surface area contributed by atoms with E-state index in [9.17, 15) is 9.59 Å². The van der Waals surface area contributed by atoms with E-state index in [1.807, 2.05) is 0 Å². The Kier molecular flexibility index (Phi) is 3.59. The standard InChI is InChI=1S/C7H10N4O3/c1-14-7(13)2-9-6(12)3-11-5-8-4-10-11/h4-5H,2-3H2,1H3,(H,9,12). The molecule has 0 aliphatic heterocycles. The molecule has 0 aliphatic rings. The third kappa shape index (κ3) is 3.21. The third-order valence-corrected chi connectivity index (χ3v) is 1.43. The van der Waals surface area contributed by atoms with Gasteiger partial charge in [0, 0.05) is 0 Å². The van der Waals surface area contributed by atoms with Gasteiger partial charge in [-0.3, -0.25) is 9.59 Å². The second-order valence-corrected chi connectivity index (χ2v) is 2.45. The molecule has 0 spiro atoms. The molecular formula is C7H10N4O3. The van der Waals surface area contributed by atoms with Crippen molar-refractivity contribution in [2.45, 2.75) is 6.54 Å². The average molecular weight is 198 g/mol. The van der Waals surface area contributed by atoms with Gasteiger partial charge in [0.25, 0.3) is 0 Å². The van der Waals surface area contributed by atoms with Crippen LogP contribution in [0, 0.1) is 0 Å². The maximum Gasteiger partial charge on any atom is 0.325 e. The SMILES string of the molecule is COC(=O)CNC(=O)Cn1cncn1. The zero-order valence-electron chi connectivity index (χ0n) is 7.64. The number of methoxy groups -OCH3 is 1. The summed E-state index contributed by atoms with van der Waals surface area (Å²) < 4.78 is 5.70. The molecule has 1 heterocycles. The van der Waals surface area contributed by atoms with E-state index in [1.165, 1.54) is 24.4 Å². The van der Waals surface area contributed by atoms with Crippen molar-refractivity contribution in [3.8, 4) is 0 Å². The molecule has 1 N–H and O–H groups in total. The van der Waals surface area contributed by atoms with Crippen LogP contribution in [-0.4, -0.2) is 40.3 Å². The van der Waals surface area contributed by atoms with E-state index in [2.05, 4.69) is 20.1 Å². The molecule has 0 saturated heterocycles. The first-order valence-electron chi connectivity index (χ1n) is 3.88. The number of nitrogens with one attached hydrogen (secondary N) is 1. The Hall–Kier alpha value is -1.92. The highest BCUT2D eigenvalue weighted by molar-refractivity contribution is 5.81. The predicted octanol–water partition coefficient (Wildman–Crippen LogP) is -1.43. The van der Waals surface area contributed by atoms with Crippen molar-refractivity contribution in [3.05, 3.63) is 12.7 Å². The van der Waals surface area contributed by atoms with Gasteiger partial charge in [0.05, 0.1) is 7.11 Å². The van der Waals surface area contributed by atoms with Crippen molar-refractivity contribution in [1.29, 1.82) is 0 Å². The normalized spacial score (nSPS) is 9.50. The minimum absolute atomic E-state index is 0.0387. The molecule has 0 atom stereocenters. The summed E-state index contributed by atoms with van der Waals surface area (Å²) in [5.41, 5.74) is 0. The van der Waals surface area contributed by atoms with Gasteiger partial charge in [-0.15, -0.1) is 0 Å². The Bertz CT molecular complexity index is 309. The highest BCUT2D eigenvalue weighted by Crippen LogP contribution is 1.80. The number of hydrogen-bond donors (Lipinski definition) is 1. The Morgan fingerprint density at radius 1 is 1.57 bits per heavy atom. The zero-order chi connectivity index (χ0) is 10.4. The number of carbonyl (C=O) groups is 2. The van der Waals surface area contributed by atoms with Crippen LogP contribution in [0.5, 0.6) is 0 Å². The maximum atomic E-state index is 11.1. The highest BCUT2D eigenvalue weighted by atomic mass is 16.5. The lowest BCUT2D eigenvalue weighted by molar-refractivity contribution is -0.141. The zero-order valence-corrected chi connectivity index (χ0v) is 7.64. The molecule has 0 aromatic carbocycles. The quantitative estimate of drug-likeness (QED) is 0.599. The van der Waals surface area contributed by atoms with E-state index >= 15 is 0 Å². The van der Waals surface area contributed by atoms with Gasteiger partial charge in [0.2, 0.25) is 5.91 Å². The first-order chi connectivity index (χ1) is 6.72. The number of hydrogen-bond acceptors (Lipinski definition) is 5. The van der Waals surface area contributed by atoms with E-state index in [4.69, 9.17) is 0 Å². The van der Waals surface area contributed by atoms with E-state index in [-0.39, 0.29) is 19.0 Å².